The van der Waals surface area contributed by atoms with Gasteiger partial charge in [-0.15, -0.1) is 0 Å². The number of carbonyl (C=O) groups is 2. The van der Waals surface area contributed by atoms with Crippen LogP contribution in [0.15, 0.2) is 41.5 Å². The van der Waals surface area contributed by atoms with E-state index in [0.29, 0.717) is 0 Å². The van der Waals surface area contributed by atoms with Gasteiger partial charge in [0.2, 0.25) is 5.95 Å². The summed E-state index contributed by atoms with van der Waals surface area (Å²) in [6.07, 6.45) is 0.765. The van der Waals surface area contributed by atoms with Crippen LogP contribution in [-0.4, -0.2) is 67.7 Å². The molecule has 1 amide bonds. The Kier molecular flexibility index (Phi) is 8.39. The molecule has 2 aromatic heterocycles. The average molecular weight is 489 g/mol. The fourth-order valence-corrected chi connectivity index (χ4v) is 3.21. The van der Waals surface area contributed by atoms with E-state index in [2.05, 4.69) is 20.3 Å². The summed E-state index contributed by atoms with van der Waals surface area (Å²) in [7, 11) is 0. The number of aromatic amines is 1. The molecule has 6 N–H and O–H groups in total. The second-order valence-corrected chi connectivity index (χ2v) is 8.16. The van der Waals surface area contributed by atoms with Gasteiger partial charge >= 0.3 is 12.1 Å². The minimum atomic E-state index is -1.19. The van der Waals surface area contributed by atoms with Gasteiger partial charge in [0, 0.05) is 6.54 Å². The highest BCUT2D eigenvalue weighted by molar-refractivity contribution is 5.80. The van der Waals surface area contributed by atoms with Gasteiger partial charge in [-0.3, -0.25) is 9.78 Å². The van der Waals surface area contributed by atoms with Crippen molar-refractivity contribution in [1.29, 1.82) is 0 Å². The number of nitrogens with one attached hydrogen (secondary N) is 2. The third kappa shape index (κ3) is 6.55. The zero-order valence-electron chi connectivity index (χ0n) is 19.1. The third-order valence-corrected chi connectivity index (χ3v) is 5.47. The fraction of sp³-hybridized carbons (Fsp3) is 0.409. The van der Waals surface area contributed by atoms with Crippen molar-refractivity contribution in [2.24, 2.45) is 5.41 Å². The van der Waals surface area contributed by atoms with E-state index in [4.69, 9.17) is 15.2 Å². The van der Waals surface area contributed by atoms with Crippen molar-refractivity contribution in [2.75, 3.05) is 25.6 Å². The summed E-state index contributed by atoms with van der Waals surface area (Å²) in [4.78, 5) is 46.7. The Morgan fingerprint density at radius 2 is 1.94 bits per heavy atom. The number of H-pyrrole nitrogens is 1. The van der Waals surface area contributed by atoms with Gasteiger partial charge in [-0.05, 0) is 18.9 Å². The van der Waals surface area contributed by atoms with E-state index in [1.165, 1.54) is 13.3 Å². The standard InChI is InChI=1S/C22H28N6O7/c1-14(25-21(33)34-9-15-5-3-2-4-6-15)19(32)35-12-22(10-29,11-30)7-8-28-13-24-16-17(28)26-20(23)27-18(16)31/h2-6,13-14,29-30H,7-12H2,1H3,(H,25,33)(H3,23,26,27,31)/t14-/m0/s1. The van der Waals surface area contributed by atoms with E-state index in [-0.39, 0.29) is 43.3 Å². The lowest BCUT2D eigenvalue weighted by Gasteiger charge is -2.29. The van der Waals surface area contributed by atoms with Gasteiger partial charge in [0.15, 0.2) is 11.2 Å². The van der Waals surface area contributed by atoms with Crippen molar-refractivity contribution >= 4 is 29.2 Å². The van der Waals surface area contributed by atoms with Crippen LogP contribution in [-0.2, 0) is 27.4 Å². The van der Waals surface area contributed by atoms with Crippen molar-refractivity contribution in [3.63, 3.8) is 0 Å². The fourth-order valence-electron chi connectivity index (χ4n) is 3.21. The number of hydrogen-bond acceptors (Lipinski definition) is 10. The molecule has 3 rings (SSSR count). The number of aromatic nitrogens is 4. The molecule has 0 spiro atoms. The zero-order valence-corrected chi connectivity index (χ0v) is 19.1. The molecule has 2 heterocycles. The first-order chi connectivity index (χ1) is 16.8. The number of hydrogen-bond donors (Lipinski definition) is 5. The number of ether oxygens (including phenoxy) is 2. The summed E-state index contributed by atoms with van der Waals surface area (Å²) in [6.45, 7) is 0.386. The van der Waals surface area contributed by atoms with Crippen LogP contribution in [0.4, 0.5) is 10.7 Å². The minimum Gasteiger partial charge on any atom is -0.463 e. The van der Waals surface area contributed by atoms with E-state index >= 15 is 0 Å². The predicted molar refractivity (Wildman–Crippen MR) is 124 cm³/mol. The van der Waals surface area contributed by atoms with Crippen LogP contribution in [0.3, 0.4) is 0 Å². The second kappa shape index (κ2) is 11.4. The monoisotopic (exact) mass is 488 g/mol. The SMILES string of the molecule is C[C@H](NC(=O)OCc1ccccc1)C(=O)OCC(CO)(CO)CCn1cnc2c(=O)[nH]c(N)nc21. The van der Waals surface area contributed by atoms with E-state index in [0.717, 1.165) is 5.56 Å². The number of fused-ring (bicyclic) bond motifs is 1. The quantitative estimate of drug-likeness (QED) is 0.228. The molecule has 0 saturated heterocycles. The van der Waals surface area contributed by atoms with Crippen molar-refractivity contribution < 1.29 is 29.3 Å². The molecule has 0 saturated carbocycles. The highest BCUT2D eigenvalue weighted by Crippen LogP contribution is 2.24. The van der Waals surface area contributed by atoms with Crippen LogP contribution in [0.25, 0.3) is 11.2 Å². The summed E-state index contributed by atoms with van der Waals surface area (Å²) in [5, 5.41) is 22.2. The van der Waals surface area contributed by atoms with Crippen molar-refractivity contribution in [3.8, 4) is 0 Å². The predicted octanol–water partition coefficient (Wildman–Crippen LogP) is -0.0790. The lowest BCUT2D eigenvalue weighted by Crippen LogP contribution is -2.43. The Hall–Kier alpha value is -3.97. The molecule has 0 aliphatic rings. The highest BCUT2D eigenvalue weighted by Gasteiger charge is 2.32. The summed E-state index contributed by atoms with van der Waals surface area (Å²) < 4.78 is 11.9. The first-order valence-electron chi connectivity index (χ1n) is 10.8. The maximum atomic E-state index is 12.4. The number of alkyl carbamates (subject to hydrolysis) is 1. The van der Waals surface area contributed by atoms with E-state index in [9.17, 15) is 24.6 Å². The molecule has 188 valence electrons. The Morgan fingerprint density at radius 1 is 1.23 bits per heavy atom. The minimum absolute atomic E-state index is 0.0435. The van der Waals surface area contributed by atoms with Crippen molar-refractivity contribution in [3.05, 3.63) is 52.6 Å². The van der Waals surface area contributed by atoms with Crippen LogP contribution in [0, 0.1) is 5.41 Å². The number of aliphatic hydroxyl groups excluding tert-OH is 2. The van der Waals surface area contributed by atoms with Crippen LogP contribution in [0.2, 0.25) is 0 Å². The molecule has 0 radical (unpaired) electrons. The number of anilines is 1. The largest absolute Gasteiger partial charge is 0.463 e. The number of amides is 1. The number of carbonyl (C=O) groups excluding carboxylic acids is 2. The van der Waals surface area contributed by atoms with Crippen molar-refractivity contribution in [2.45, 2.75) is 32.5 Å². The topological polar surface area (TPSA) is 195 Å². The zero-order chi connectivity index (χ0) is 25.4. The molecular formula is C22H28N6O7. The van der Waals surface area contributed by atoms with Crippen molar-refractivity contribution in [1.82, 2.24) is 24.8 Å². The Bertz CT molecular complexity index is 1210. The molecule has 0 fully saturated rings. The Labute approximate surface area is 199 Å². The molecule has 0 unspecified atom stereocenters. The maximum Gasteiger partial charge on any atom is 0.408 e. The molecule has 0 aliphatic carbocycles. The third-order valence-electron chi connectivity index (χ3n) is 5.47. The van der Waals surface area contributed by atoms with E-state index in [1.54, 1.807) is 16.7 Å². The van der Waals surface area contributed by atoms with Crippen LogP contribution in [0.1, 0.15) is 18.9 Å². The summed E-state index contributed by atoms with van der Waals surface area (Å²) in [5.74, 6) is -0.834. The van der Waals surface area contributed by atoms with Gasteiger partial charge in [0.05, 0.1) is 25.0 Å². The molecular weight excluding hydrogens is 460 g/mol. The van der Waals surface area contributed by atoms with Gasteiger partial charge in [-0.2, -0.15) is 4.98 Å². The molecule has 3 aromatic rings. The van der Waals surface area contributed by atoms with Gasteiger partial charge in [-0.25, -0.2) is 14.6 Å². The summed E-state index contributed by atoms with van der Waals surface area (Å²) in [5.41, 5.74) is 5.06. The van der Waals surface area contributed by atoms with E-state index < -0.39 is 42.3 Å². The van der Waals surface area contributed by atoms with E-state index in [1.807, 2.05) is 18.2 Å². The van der Waals surface area contributed by atoms with Gasteiger partial charge in [-0.1, -0.05) is 30.3 Å². The molecule has 35 heavy (non-hydrogen) atoms. The Morgan fingerprint density at radius 3 is 2.63 bits per heavy atom. The number of nitrogens with zero attached hydrogens (tertiary/aromatic N) is 3. The smallest absolute Gasteiger partial charge is 0.408 e. The number of imidazole rings is 1. The first kappa shape index (κ1) is 25.6. The number of esters is 1. The molecule has 13 heteroatoms. The summed E-state index contributed by atoms with van der Waals surface area (Å²) in [6, 6.07) is 8.03. The lowest BCUT2D eigenvalue weighted by atomic mass is 9.87. The Balaban J connectivity index is 1.54. The highest BCUT2D eigenvalue weighted by atomic mass is 16.6. The molecule has 0 bridgehead atoms. The van der Waals surface area contributed by atoms with Crippen LogP contribution in [0.5, 0.6) is 0 Å². The van der Waals surface area contributed by atoms with Gasteiger partial charge < -0.3 is 35.3 Å². The number of nitrogen functional groups attached to an aromatic ring is 1. The summed E-state index contributed by atoms with van der Waals surface area (Å²) >= 11 is 0. The first-order valence-corrected chi connectivity index (χ1v) is 10.8. The molecule has 13 nitrogen and oxygen atoms in total. The van der Waals surface area contributed by atoms with Crippen LogP contribution < -0.4 is 16.6 Å². The normalized spacial score (nSPS) is 12.3. The number of aryl methyl sites for hydroxylation is 1. The number of nitrogens with two attached hydrogens (primary N) is 1. The number of aliphatic hydroxyl groups is 2. The maximum absolute atomic E-state index is 12.4. The van der Waals surface area contributed by atoms with Gasteiger partial charge in [0.25, 0.3) is 5.56 Å². The van der Waals surface area contributed by atoms with Crippen LogP contribution >= 0.6 is 0 Å². The molecule has 1 atom stereocenters. The average Bonchev–Trinajstić information content (AvgIpc) is 3.27. The molecule has 0 aliphatic heterocycles. The number of rotatable bonds is 11. The van der Waals surface area contributed by atoms with Gasteiger partial charge in [0.1, 0.15) is 19.3 Å². The lowest BCUT2D eigenvalue weighted by molar-refractivity contribution is -0.152. The second-order valence-electron chi connectivity index (χ2n) is 8.16. The molecule has 1 aromatic carbocycles. The number of benzene rings is 1.